The Morgan fingerprint density at radius 1 is 0.963 bits per heavy atom. The molecule has 5 heteroatoms. The molecular formula is C22H21N3OS. The lowest BCUT2D eigenvalue weighted by Crippen LogP contribution is -2.25. The van der Waals surface area contributed by atoms with Gasteiger partial charge in [-0.1, -0.05) is 54.1 Å². The highest BCUT2D eigenvalue weighted by Gasteiger charge is 2.22. The minimum absolute atomic E-state index is 0.0792. The second-order valence-electron chi connectivity index (χ2n) is 6.56. The molecule has 2 aromatic heterocycles. The van der Waals surface area contributed by atoms with E-state index in [1.54, 1.807) is 11.3 Å². The van der Waals surface area contributed by atoms with Gasteiger partial charge in [0.05, 0.1) is 12.1 Å². The van der Waals surface area contributed by atoms with Crippen molar-refractivity contribution in [2.75, 3.05) is 0 Å². The summed E-state index contributed by atoms with van der Waals surface area (Å²) in [6.45, 7) is 4.10. The van der Waals surface area contributed by atoms with Crippen LogP contribution in [0.3, 0.4) is 0 Å². The van der Waals surface area contributed by atoms with Crippen LogP contribution in [-0.2, 0) is 0 Å². The van der Waals surface area contributed by atoms with Gasteiger partial charge in [-0.15, -0.1) is 21.5 Å². The molecule has 0 saturated carbocycles. The summed E-state index contributed by atoms with van der Waals surface area (Å²) in [4.78, 5) is 1.26. The van der Waals surface area contributed by atoms with E-state index in [1.807, 2.05) is 24.3 Å². The molecule has 0 aliphatic carbocycles. The zero-order valence-electron chi connectivity index (χ0n) is 15.3. The van der Waals surface area contributed by atoms with Crippen molar-refractivity contribution in [1.29, 1.82) is 0 Å². The second kappa shape index (κ2) is 7.86. The van der Waals surface area contributed by atoms with E-state index in [0.29, 0.717) is 11.8 Å². The molecule has 0 aliphatic rings. The fourth-order valence-corrected chi connectivity index (χ4v) is 3.88. The fraction of sp³-hybridized carbons (Fsp3) is 0.182. The number of hydrogen-bond donors (Lipinski definition) is 1. The van der Waals surface area contributed by atoms with Crippen LogP contribution in [0, 0.1) is 6.92 Å². The molecule has 1 N–H and O–H groups in total. The van der Waals surface area contributed by atoms with Gasteiger partial charge < -0.3 is 4.42 Å². The maximum atomic E-state index is 5.96. The van der Waals surface area contributed by atoms with Gasteiger partial charge in [0, 0.05) is 10.4 Å². The van der Waals surface area contributed by atoms with Gasteiger partial charge in [0.15, 0.2) is 0 Å². The Kier molecular flexibility index (Phi) is 5.14. The first-order valence-corrected chi connectivity index (χ1v) is 9.83. The van der Waals surface area contributed by atoms with E-state index in [1.165, 1.54) is 16.0 Å². The number of aromatic nitrogens is 2. The Labute approximate surface area is 162 Å². The summed E-state index contributed by atoms with van der Waals surface area (Å²) in [5, 5.41) is 14.3. The molecule has 2 aromatic carbocycles. The highest BCUT2D eigenvalue weighted by molar-refractivity contribution is 7.10. The van der Waals surface area contributed by atoms with Gasteiger partial charge in [-0.2, -0.15) is 0 Å². The largest absolute Gasteiger partial charge is 0.419 e. The average Bonchev–Trinajstić information content (AvgIpc) is 3.39. The van der Waals surface area contributed by atoms with Crippen molar-refractivity contribution < 1.29 is 4.42 Å². The zero-order valence-corrected chi connectivity index (χ0v) is 16.1. The maximum Gasteiger partial charge on any atom is 0.247 e. The molecule has 4 nitrogen and oxygen atoms in total. The average molecular weight is 375 g/mol. The first kappa shape index (κ1) is 17.6. The lowest BCUT2D eigenvalue weighted by Gasteiger charge is -2.21. The normalized spacial score (nSPS) is 13.4. The van der Waals surface area contributed by atoms with E-state index in [-0.39, 0.29) is 12.1 Å². The first-order chi connectivity index (χ1) is 13.2. The molecular weight excluding hydrogens is 354 g/mol. The number of nitrogens with one attached hydrogen (secondary N) is 1. The van der Waals surface area contributed by atoms with Crippen LogP contribution in [0.15, 0.2) is 76.5 Å². The topological polar surface area (TPSA) is 51.0 Å². The Morgan fingerprint density at radius 3 is 2.56 bits per heavy atom. The van der Waals surface area contributed by atoms with Crippen molar-refractivity contribution in [3.8, 4) is 11.5 Å². The number of aryl methyl sites for hydroxylation is 1. The van der Waals surface area contributed by atoms with E-state index >= 15 is 0 Å². The van der Waals surface area contributed by atoms with Crippen LogP contribution in [0.2, 0.25) is 0 Å². The standard InChI is InChI=1S/C22H21N3OS/c1-15-8-6-11-18(14-15)22-25-24-21(26-22)16(2)23-20(19-12-7-13-27-19)17-9-4-3-5-10-17/h3-14,16,20,23H,1-2H3/t16-,20+/m0/s1. The maximum absolute atomic E-state index is 5.96. The number of nitrogens with zero attached hydrogens (tertiary/aromatic N) is 2. The van der Waals surface area contributed by atoms with Gasteiger partial charge in [0.2, 0.25) is 11.8 Å². The number of thiophene rings is 1. The summed E-state index contributed by atoms with van der Waals surface area (Å²) in [6, 6.07) is 22.7. The number of benzene rings is 2. The third-order valence-electron chi connectivity index (χ3n) is 4.45. The molecule has 0 saturated heterocycles. The predicted molar refractivity (Wildman–Crippen MR) is 109 cm³/mol. The summed E-state index contributed by atoms with van der Waals surface area (Å²) in [5.74, 6) is 1.14. The van der Waals surface area contributed by atoms with Crippen LogP contribution in [0.1, 0.15) is 40.9 Å². The molecule has 0 radical (unpaired) electrons. The minimum atomic E-state index is -0.0802. The monoisotopic (exact) mass is 375 g/mol. The van der Waals surface area contributed by atoms with E-state index in [0.717, 1.165) is 5.56 Å². The van der Waals surface area contributed by atoms with Crippen LogP contribution in [-0.4, -0.2) is 10.2 Å². The van der Waals surface area contributed by atoms with Gasteiger partial charge in [0.25, 0.3) is 0 Å². The molecule has 4 rings (SSSR count). The Morgan fingerprint density at radius 2 is 1.81 bits per heavy atom. The van der Waals surface area contributed by atoms with E-state index in [4.69, 9.17) is 4.42 Å². The van der Waals surface area contributed by atoms with Gasteiger partial charge in [-0.05, 0) is 43.0 Å². The summed E-state index contributed by atoms with van der Waals surface area (Å²) in [6.07, 6.45) is 0. The zero-order chi connectivity index (χ0) is 18.6. The van der Waals surface area contributed by atoms with Crippen LogP contribution < -0.4 is 5.32 Å². The highest BCUT2D eigenvalue weighted by atomic mass is 32.1. The molecule has 27 heavy (non-hydrogen) atoms. The van der Waals surface area contributed by atoms with Crippen LogP contribution in [0.4, 0.5) is 0 Å². The van der Waals surface area contributed by atoms with Crippen molar-refractivity contribution in [3.63, 3.8) is 0 Å². The Balaban J connectivity index is 1.58. The molecule has 0 spiro atoms. The molecule has 0 aliphatic heterocycles. The quantitative estimate of drug-likeness (QED) is 0.480. The SMILES string of the molecule is Cc1cccc(-c2nnc([C@H](C)N[C@H](c3ccccc3)c3cccs3)o2)c1. The van der Waals surface area contributed by atoms with E-state index in [2.05, 4.69) is 77.2 Å². The molecule has 0 fully saturated rings. The van der Waals surface area contributed by atoms with Crippen LogP contribution in [0.25, 0.3) is 11.5 Å². The summed E-state index contributed by atoms with van der Waals surface area (Å²) >= 11 is 1.74. The first-order valence-electron chi connectivity index (χ1n) is 8.95. The predicted octanol–water partition coefficient (Wildman–Crippen LogP) is 5.55. The summed E-state index contributed by atoms with van der Waals surface area (Å²) in [7, 11) is 0. The van der Waals surface area contributed by atoms with Crippen molar-refractivity contribution in [2.24, 2.45) is 0 Å². The molecule has 0 unspecified atom stereocenters. The fourth-order valence-electron chi connectivity index (χ4n) is 3.07. The molecule has 2 atom stereocenters. The molecule has 0 amide bonds. The van der Waals surface area contributed by atoms with Gasteiger partial charge in [0.1, 0.15) is 0 Å². The van der Waals surface area contributed by atoms with Gasteiger partial charge in [-0.25, -0.2) is 0 Å². The number of rotatable bonds is 6. The lowest BCUT2D eigenvalue weighted by atomic mass is 10.0. The summed E-state index contributed by atoms with van der Waals surface area (Å²) < 4.78 is 5.96. The van der Waals surface area contributed by atoms with Crippen LogP contribution >= 0.6 is 11.3 Å². The Hall–Kier alpha value is -2.76. The molecule has 2 heterocycles. The smallest absolute Gasteiger partial charge is 0.247 e. The van der Waals surface area contributed by atoms with Gasteiger partial charge in [-0.3, -0.25) is 5.32 Å². The van der Waals surface area contributed by atoms with E-state index in [9.17, 15) is 0 Å². The Bertz CT molecular complexity index is 995. The van der Waals surface area contributed by atoms with Crippen LogP contribution in [0.5, 0.6) is 0 Å². The number of hydrogen-bond acceptors (Lipinski definition) is 5. The van der Waals surface area contributed by atoms with Crippen molar-refractivity contribution in [2.45, 2.75) is 25.9 Å². The van der Waals surface area contributed by atoms with Crippen molar-refractivity contribution >= 4 is 11.3 Å². The highest BCUT2D eigenvalue weighted by Crippen LogP contribution is 2.29. The summed E-state index contributed by atoms with van der Waals surface area (Å²) in [5.41, 5.74) is 3.32. The minimum Gasteiger partial charge on any atom is -0.419 e. The molecule has 0 bridgehead atoms. The third kappa shape index (κ3) is 3.99. The second-order valence-corrected chi connectivity index (χ2v) is 7.54. The van der Waals surface area contributed by atoms with E-state index < -0.39 is 0 Å². The van der Waals surface area contributed by atoms with Crippen molar-refractivity contribution in [1.82, 2.24) is 15.5 Å². The third-order valence-corrected chi connectivity index (χ3v) is 5.39. The van der Waals surface area contributed by atoms with Crippen molar-refractivity contribution in [3.05, 3.63) is 94.0 Å². The van der Waals surface area contributed by atoms with Gasteiger partial charge >= 0.3 is 0 Å². The molecule has 4 aromatic rings. The lowest BCUT2D eigenvalue weighted by molar-refractivity contribution is 0.405. The molecule has 136 valence electrons.